The van der Waals surface area contributed by atoms with Gasteiger partial charge in [-0.3, -0.25) is 9.59 Å². The van der Waals surface area contributed by atoms with Crippen molar-refractivity contribution in [2.75, 3.05) is 13.2 Å². The average Bonchev–Trinajstić information content (AvgIpc) is 2.77. The summed E-state index contributed by atoms with van der Waals surface area (Å²) in [6.07, 6.45) is 2.65. The van der Waals surface area contributed by atoms with Gasteiger partial charge in [0.25, 0.3) is 0 Å². The lowest BCUT2D eigenvalue weighted by molar-refractivity contribution is -0.126. The number of benzene rings is 2. The molecule has 10 nitrogen and oxygen atoms in total. The number of aromatic hydroxyl groups is 2. The quantitative estimate of drug-likeness (QED) is 0.311. The number of hydrogen-bond donors (Lipinski definition) is 4. The second kappa shape index (κ2) is 12.6. The summed E-state index contributed by atoms with van der Waals surface area (Å²) >= 11 is 0. The third-order valence-electron chi connectivity index (χ3n) is 3.95. The normalized spacial score (nSPS) is 10.9. The minimum atomic E-state index is -0.441. The second-order valence-corrected chi connectivity index (χ2v) is 6.41. The molecule has 0 saturated carbocycles. The highest BCUT2D eigenvalue weighted by Crippen LogP contribution is 2.26. The van der Waals surface area contributed by atoms with Gasteiger partial charge in [-0.05, 0) is 61.4 Å². The molecule has 0 aliphatic heterocycles. The fourth-order valence-corrected chi connectivity index (χ4v) is 2.46. The van der Waals surface area contributed by atoms with Crippen LogP contribution >= 0.6 is 0 Å². The maximum absolute atomic E-state index is 11.8. The van der Waals surface area contributed by atoms with Gasteiger partial charge in [0, 0.05) is 12.8 Å². The standard InChI is InChI=1S/C22H26N4O6/c1-3-31-19-11-15(5-7-17(19)27)13-23-25-21(29)9-10-22(30)26-24-14-16-6-8-18(28)20(12-16)32-4-2/h5-8,11-14,27-28H,3-4,9-10H2,1-2H3,(H,25,29)(H,26,30). The van der Waals surface area contributed by atoms with E-state index >= 15 is 0 Å². The van der Waals surface area contributed by atoms with Crippen LogP contribution in [0.2, 0.25) is 0 Å². The summed E-state index contributed by atoms with van der Waals surface area (Å²) in [5.74, 6) is -0.209. The van der Waals surface area contributed by atoms with Crippen LogP contribution in [0.3, 0.4) is 0 Å². The van der Waals surface area contributed by atoms with Crippen molar-refractivity contribution < 1.29 is 29.3 Å². The summed E-state index contributed by atoms with van der Waals surface area (Å²) < 4.78 is 10.6. The van der Waals surface area contributed by atoms with Gasteiger partial charge in [-0.1, -0.05) is 0 Å². The van der Waals surface area contributed by atoms with Gasteiger partial charge < -0.3 is 19.7 Å². The number of phenolic OH excluding ortho intramolecular Hbond substituents is 2. The zero-order valence-corrected chi connectivity index (χ0v) is 17.9. The van der Waals surface area contributed by atoms with Gasteiger partial charge in [0.05, 0.1) is 25.6 Å². The Morgan fingerprint density at radius 2 is 1.22 bits per heavy atom. The Hall–Kier alpha value is -4.08. The largest absolute Gasteiger partial charge is 0.504 e. The SMILES string of the molecule is CCOc1cc(C=NNC(=O)CCC(=O)NN=Cc2ccc(O)c(OCC)c2)ccc1O. The molecule has 0 fully saturated rings. The molecule has 0 aliphatic carbocycles. The monoisotopic (exact) mass is 442 g/mol. The molecule has 2 aromatic carbocycles. The number of nitrogens with zero attached hydrogens (tertiary/aromatic N) is 2. The lowest BCUT2D eigenvalue weighted by atomic mass is 10.2. The first-order valence-electron chi connectivity index (χ1n) is 9.98. The predicted octanol–water partition coefficient (Wildman–Crippen LogP) is 2.28. The van der Waals surface area contributed by atoms with Crippen LogP contribution in [0.25, 0.3) is 0 Å². The molecule has 170 valence electrons. The Bertz CT molecular complexity index is 911. The zero-order valence-electron chi connectivity index (χ0n) is 17.9. The molecule has 0 bridgehead atoms. The molecule has 2 rings (SSSR count). The van der Waals surface area contributed by atoms with Crippen LogP contribution in [0.4, 0.5) is 0 Å². The highest BCUT2D eigenvalue weighted by Gasteiger charge is 2.06. The number of rotatable bonds is 11. The molecule has 32 heavy (non-hydrogen) atoms. The smallest absolute Gasteiger partial charge is 0.240 e. The average molecular weight is 442 g/mol. The van der Waals surface area contributed by atoms with Gasteiger partial charge in [-0.2, -0.15) is 10.2 Å². The Labute approximate surface area is 185 Å². The van der Waals surface area contributed by atoms with Crippen LogP contribution in [0.1, 0.15) is 37.8 Å². The minimum absolute atomic E-state index is 0.0156. The van der Waals surface area contributed by atoms with E-state index in [1.807, 2.05) is 0 Å². The van der Waals surface area contributed by atoms with Crippen LogP contribution < -0.4 is 20.3 Å². The van der Waals surface area contributed by atoms with Crippen LogP contribution in [0, 0.1) is 0 Å². The first-order valence-corrected chi connectivity index (χ1v) is 9.98. The van der Waals surface area contributed by atoms with Gasteiger partial charge in [-0.25, -0.2) is 10.9 Å². The lowest BCUT2D eigenvalue weighted by Crippen LogP contribution is -2.22. The molecule has 2 aromatic rings. The Kier molecular flexibility index (Phi) is 9.51. The maximum atomic E-state index is 11.8. The van der Waals surface area contributed by atoms with Crippen LogP contribution in [0.15, 0.2) is 46.6 Å². The van der Waals surface area contributed by atoms with Crippen LogP contribution in [0.5, 0.6) is 23.0 Å². The van der Waals surface area contributed by atoms with Crippen molar-refractivity contribution in [3.63, 3.8) is 0 Å². The highest BCUT2D eigenvalue weighted by atomic mass is 16.5. The summed E-state index contributed by atoms with van der Waals surface area (Å²) in [6, 6.07) is 9.34. The number of hydrazone groups is 2. The minimum Gasteiger partial charge on any atom is -0.504 e. The van der Waals surface area contributed by atoms with E-state index in [0.29, 0.717) is 35.8 Å². The summed E-state index contributed by atoms with van der Waals surface area (Å²) in [5.41, 5.74) is 5.91. The van der Waals surface area contributed by atoms with Gasteiger partial charge in [0.15, 0.2) is 23.0 Å². The van der Waals surface area contributed by atoms with Crippen LogP contribution in [-0.4, -0.2) is 47.7 Å². The van der Waals surface area contributed by atoms with Crippen molar-refractivity contribution in [2.45, 2.75) is 26.7 Å². The number of carbonyl (C=O) groups is 2. The number of nitrogens with one attached hydrogen (secondary N) is 2. The number of phenols is 2. The molecule has 0 saturated heterocycles. The van der Waals surface area contributed by atoms with Gasteiger partial charge >= 0.3 is 0 Å². The molecule has 4 N–H and O–H groups in total. The summed E-state index contributed by atoms with van der Waals surface area (Å²) in [5, 5.41) is 27.0. The summed E-state index contributed by atoms with van der Waals surface area (Å²) in [6.45, 7) is 4.40. The molecule has 0 radical (unpaired) electrons. The Morgan fingerprint density at radius 1 is 0.812 bits per heavy atom. The van der Waals surface area contributed by atoms with Gasteiger partial charge in [-0.15, -0.1) is 0 Å². The van der Waals surface area contributed by atoms with Crippen molar-refractivity contribution in [3.8, 4) is 23.0 Å². The van der Waals surface area contributed by atoms with E-state index in [2.05, 4.69) is 21.1 Å². The van der Waals surface area contributed by atoms with Crippen molar-refractivity contribution in [3.05, 3.63) is 47.5 Å². The fourth-order valence-electron chi connectivity index (χ4n) is 2.46. The first-order chi connectivity index (χ1) is 15.4. The maximum Gasteiger partial charge on any atom is 0.240 e. The van der Waals surface area contributed by atoms with Crippen molar-refractivity contribution in [1.82, 2.24) is 10.9 Å². The van der Waals surface area contributed by atoms with Crippen molar-refractivity contribution in [1.29, 1.82) is 0 Å². The molecule has 0 unspecified atom stereocenters. The Balaban J connectivity index is 1.75. The highest BCUT2D eigenvalue weighted by molar-refractivity contribution is 5.87. The molecule has 0 spiro atoms. The van der Waals surface area contributed by atoms with Crippen LogP contribution in [-0.2, 0) is 9.59 Å². The van der Waals surface area contributed by atoms with E-state index < -0.39 is 11.8 Å². The Morgan fingerprint density at radius 3 is 1.59 bits per heavy atom. The zero-order chi connectivity index (χ0) is 23.3. The fraction of sp³-hybridized carbons (Fsp3) is 0.273. The van der Waals surface area contributed by atoms with E-state index in [4.69, 9.17) is 9.47 Å². The second-order valence-electron chi connectivity index (χ2n) is 6.41. The molecular formula is C22H26N4O6. The lowest BCUT2D eigenvalue weighted by Gasteiger charge is -2.06. The number of hydrogen-bond acceptors (Lipinski definition) is 8. The third kappa shape index (κ3) is 7.98. The molecule has 0 aliphatic rings. The number of amides is 2. The third-order valence-corrected chi connectivity index (χ3v) is 3.95. The van der Waals surface area contributed by atoms with E-state index in [1.165, 1.54) is 24.6 Å². The van der Waals surface area contributed by atoms with Gasteiger partial charge in [0.2, 0.25) is 11.8 Å². The molecule has 0 heterocycles. The van der Waals surface area contributed by atoms with Crippen molar-refractivity contribution in [2.24, 2.45) is 10.2 Å². The molecule has 0 atom stereocenters. The molecular weight excluding hydrogens is 416 g/mol. The summed E-state index contributed by atoms with van der Waals surface area (Å²) in [4.78, 5) is 23.7. The topological polar surface area (TPSA) is 142 Å². The van der Waals surface area contributed by atoms with Crippen molar-refractivity contribution >= 4 is 24.2 Å². The predicted molar refractivity (Wildman–Crippen MR) is 119 cm³/mol. The first kappa shape index (κ1) is 24.2. The van der Waals surface area contributed by atoms with E-state index in [-0.39, 0.29) is 24.3 Å². The molecule has 10 heteroatoms. The summed E-state index contributed by atoms with van der Waals surface area (Å²) in [7, 11) is 0. The van der Waals surface area contributed by atoms with E-state index in [0.717, 1.165) is 0 Å². The van der Waals surface area contributed by atoms with Gasteiger partial charge in [0.1, 0.15) is 0 Å². The molecule has 0 aromatic heterocycles. The molecule has 2 amide bonds. The van der Waals surface area contributed by atoms with E-state index in [1.54, 1.807) is 38.1 Å². The number of carbonyl (C=O) groups excluding carboxylic acids is 2. The van der Waals surface area contributed by atoms with E-state index in [9.17, 15) is 19.8 Å². The number of ether oxygens (including phenoxy) is 2.